The standard InChI is InChI=1S/C17H20BrNS/c1-13-5-3-6-14(9-13)10-16(19-2)12-20-17-8-4-7-15(18)11-17/h3-9,11,16,19H,10,12H2,1-2H3. The normalized spacial score (nSPS) is 12.3. The molecule has 2 aromatic rings. The van der Waals surface area contributed by atoms with E-state index in [0.29, 0.717) is 6.04 Å². The Kier molecular flexibility index (Phi) is 6.14. The van der Waals surface area contributed by atoms with E-state index in [4.69, 9.17) is 0 Å². The molecule has 20 heavy (non-hydrogen) atoms. The van der Waals surface area contributed by atoms with Crippen molar-refractivity contribution < 1.29 is 0 Å². The van der Waals surface area contributed by atoms with Crippen LogP contribution in [0.3, 0.4) is 0 Å². The van der Waals surface area contributed by atoms with Gasteiger partial charge in [-0.3, -0.25) is 0 Å². The molecule has 0 saturated carbocycles. The van der Waals surface area contributed by atoms with Crippen molar-refractivity contribution in [1.82, 2.24) is 5.32 Å². The molecule has 0 spiro atoms. The summed E-state index contributed by atoms with van der Waals surface area (Å²) in [6.45, 7) is 2.15. The van der Waals surface area contributed by atoms with Crippen LogP contribution in [-0.4, -0.2) is 18.8 Å². The van der Waals surface area contributed by atoms with Gasteiger partial charge in [0.1, 0.15) is 0 Å². The van der Waals surface area contributed by atoms with Gasteiger partial charge < -0.3 is 5.32 Å². The molecule has 1 unspecified atom stereocenters. The van der Waals surface area contributed by atoms with Crippen LogP contribution in [0.15, 0.2) is 57.9 Å². The molecular formula is C17H20BrNS. The summed E-state index contributed by atoms with van der Waals surface area (Å²) < 4.78 is 1.14. The molecule has 0 aromatic heterocycles. The number of hydrogen-bond donors (Lipinski definition) is 1. The Hall–Kier alpha value is -0.770. The minimum Gasteiger partial charge on any atom is -0.316 e. The molecule has 3 heteroatoms. The molecule has 0 radical (unpaired) electrons. The van der Waals surface area contributed by atoms with Gasteiger partial charge in [-0.2, -0.15) is 0 Å². The molecule has 106 valence electrons. The van der Waals surface area contributed by atoms with Crippen LogP contribution in [0.2, 0.25) is 0 Å². The maximum atomic E-state index is 3.52. The number of benzene rings is 2. The second-order valence-corrected chi connectivity index (χ2v) is 6.96. The van der Waals surface area contributed by atoms with Crippen LogP contribution in [0.4, 0.5) is 0 Å². The third-order valence-corrected chi connectivity index (χ3v) is 4.87. The lowest BCUT2D eigenvalue weighted by Crippen LogP contribution is -2.30. The van der Waals surface area contributed by atoms with Crippen LogP contribution < -0.4 is 5.32 Å². The molecule has 0 amide bonds. The van der Waals surface area contributed by atoms with Crippen molar-refractivity contribution in [2.45, 2.75) is 24.3 Å². The van der Waals surface area contributed by atoms with E-state index in [1.54, 1.807) is 0 Å². The van der Waals surface area contributed by atoms with E-state index in [-0.39, 0.29) is 0 Å². The fraction of sp³-hybridized carbons (Fsp3) is 0.294. The van der Waals surface area contributed by atoms with Gasteiger partial charge in [-0.1, -0.05) is 51.8 Å². The fourth-order valence-electron chi connectivity index (χ4n) is 2.12. The third kappa shape index (κ3) is 4.97. The summed E-state index contributed by atoms with van der Waals surface area (Å²) >= 11 is 5.42. The first-order valence-corrected chi connectivity index (χ1v) is 8.56. The van der Waals surface area contributed by atoms with Crippen LogP contribution in [0.5, 0.6) is 0 Å². The Morgan fingerprint density at radius 3 is 2.65 bits per heavy atom. The lowest BCUT2D eigenvalue weighted by Gasteiger charge is -2.16. The lowest BCUT2D eigenvalue weighted by atomic mass is 10.1. The summed E-state index contributed by atoms with van der Waals surface area (Å²) in [6, 6.07) is 17.7. The van der Waals surface area contributed by atoms with E-state index < -0.39 is 0 Å². The number of likely N-dealkylation sites (N-methyl/N-ethyl adjacent to an activating group) is 1. The van der Waals surface area contributed by atoms with Gasteiger partial charge in [0.15, 0.2) is 0 Å². The highest BCUT2D eigenvalue weighted by atomic mass is 79.9. The van der Waals surface area contributed by atoms with Crippen molar-refractivity contribution in [2.75, 3.05) is 12.8 Å². The first-order chi connectivity index (χ1) is 9.67. The van der Waals surface area contributed by atoms with Gasteiger partial charge in [-0.05, 0) is 44.2 Å². The lowest BCUT2D eigenvalue weighted by molar-refractivity contribution is 0.617. The van der Waals surface area contributed by atoms with Crippen LogP contribution in [0.25, 0.3) is 0 Å². The Morgan fingerprint density at radius 1 is 1.15 bits per heavy atom. The predicted molar refractivity (Wildman–Crippen MR) is 92.6 cm³/mol. The van der Waals surface area contributed by atoms with Crippen LogP contribution in [0.1, 0.15) is 11.1 Å². The Bertz CT molecular complexity index is 556. The molecule has 1 N–H and O–H groups in total. The number of nitrogens with one attached hydrogen (secondary N) is 1. The maximum absolute atomic E-state index is 3.52. The summed E-state index contributed by atoms with van der Waals surface area (Å²) in [6.07, 6.45) is 1.07. The summed E-state index contributed by atoms with van der Waals surface area (Å²) in [5.74, 6) is 1.07. The largest absolute Gasteiger partial charge is 0.316 e. The maximum Gasteiger partial charge on any atom is 0.0199 e. The quantitative estimate of drug-likeness (QED) is 0.759. The molecule has 2 aromatic carbocycles. The first-order valence-electron chi connectivity index (χ1n) is 6.78. The highest BCUT2D eigenvalue weighted by molar-refractivity contribution is 9.10. The molecular weight excluding hydrogens is 330 g/mol. The van der Waals surface area contributed by atoms with E-state index >= 15 is 0 Å². The second kappa shape index (κ2) is 7.87. The van der Waals surface area contributed by atoms with Crippen molar-refractivity contribution in [3.05, 3.63) is 64.1 Å². The van der Waals surface area contributed by atoms with E-state index in [0.717, 1.165) is 16.6 Å². The van der Waals surface area contributed by atoms with E-state index in [1.165, 1.54) is 16.0 Å². The van der Waals surface area contributed by atoms with Crippen LogP contribution in [-0.2, 0) is 6.42 Å². The minimum atomic E-state index is 0.487. The van der Waals surface area contributed by atoms with Gasteiger partial charge in [0.05, 0.1) is 0 Å². The zero-order valence-electron chi connectivity index (χ0n) is 11.9. The van der Waals surface area contributed by atoms with Crippen molar-refractivity contribution in [1.29, 1.82) is 0 Å². The monoisotopic (exact) mass is 349 g/mol. The van der Waals surface area contributed by atoms with Crippen molar-refractivity contribution in [2.24, 2.45) is 0 Å². The zero-order valence-corrected chi connectivity index (χ0v) is 14.3. The van der Waals surface area contributed by atoms with Crippen molar-refractivity contribution in [3.63, 3.8) is 0 Å². The highest BCUT2D eigenvalue weighted by Crippen LogP contribution is 2.23. The summed E-state index contributed by atoms with van der Waals surface area (Å²) in [7, 11) is 2.04. The number of thioether (sulfide) groups is 1. The van der Waals surface area contributed by atoms with Gasteiger partial charge in [0.2, 0.25) is 0 Å². The average Bonchev–Trinajstić information content (AvgIpc) is 2.43. The van der Waals surface area contributed by atoms with Gasteiger partial charge in [-0.15, -0.1) is 11.8 Å². The molecule has 0 fully saturated rings. The molecule has 0 aliphatic rings. The smallest absolute Gasteiger partial charge is 0.0199 e. The molecule has 0 aliphatic heterocycles. The van der Waals surface area contributed by atoms with Gasteiger partial charge in [0.25, 0.3) is 0 Å². The number of halogens is 1. The predicted octanol–water partition coefficient (Wildman–Crippen LogP) is 4.68. The topological polar surface area (TPSA) is 12.0 Å². The van der Waals surface area contributed by atoms with Crippen LogP contribution >= 0.6 is 27.7 Å². The van der Waals surface area contributed by atoms with Crippen molar-refractivity contribution >= 4 is 27.7 Å². The summed E-state index contributed by atoms with van der Waals surface area (Å²) in [5, 5.41) is 3.42. The average molecular weight is 350 g/mol. The molecule has 1 nitrogen and oxygen atoms in total. The number of rotatable bonds is 6. The SMILES string of the molecule is CNC(CSc1cccc(Br)c1)Cc1cccc(C)c1. The van der Waals surface area contributed by atoms with Gasteiger partial charge >= 0.3 is 0 Å². The molecule has 0 bridgehead atoms. The van der Waals surface area contributed by atoms with E-state index in [9.17, 15) is 0 Å². The Morgan fingerprint density at radius 2 is 1.95 bits per heavy atom. The van der Waals surface area contributed by atoms with E-state index in [1.807, 2.05) is 18.8 Å². The molecule has 1 atom stereocenters. The third-order valence-electron chi connectivity index (χ3n) is 3.22. The molecule has 0 heterocycles. The fourth-order valence-corrected chi connectivity index (χ4v) is 3.74. The van der Waals surface area contributed by atoms with Gasteiger partial charge in [0, 0.05) is 21.2 Å². The second-order valence-electron chi connectivity index (χ2n) is 4.95. The summed E-state index contributed by atoms with van der Waals surface area (Å²) in [5.41, 5.74) is 2.73. The van der Waals surface area contributed by atoms with Crippen LogP contribution in [0, 0.1) is 6.92 Å². The number of hydrogen-bond acceptors (Lipinski definition) is 2. The molecule has 0 aliphatic carbocycles. The number of aryl methyl sites for hydroxylation is 1. The van der Waals surface area contributed by atoms with E-state index in [2.05, 4.69) is 76.7 Å². The molecule has 0 saturated heterocycles. The van der Waals surface area contributed by atoms with Gasteiger partial charge in [-0.25, -0.2) is 0 Å². The van der Waals surface area contributed by atoms with Crippen molar-refractivity contribution in [3.8, 4) is 0 Å². The minimum absolute atomic E-state index is 0.487. The zero-order chi connectivity index (χ0) is 14.4. The summed E-state index contributed by atoms with van der Waals surface area (Å²) in [4.78, 5) is 1.31. The Balaban J connectivity index is 1.92. The first kappa shape index (κ1) is 15.6. The highest BCUT2D eigenvalue weighted by Gasteiger charge is 2.08. The molecule has 2 rings (SSSR count). The Labute approximate surface area is 134 Å².